The molecular formula is C21H22BrN3O4S. The Morgan fingerprint density at radius 3 is 2.53 bits per heavy atom. The van der Waals surface area contributed by atoms with Crippen molar-refractivity contribution in [3.63, 3.8) is 0 Å². The monoisotopic (exact) mass is 491 g/mol. The molecule has 9 heteroatoms. The van der Waals surface area contributed by atoms with Gasteiger partial charge in [0.1, 0.15) is 18.1 Å². The molecule has 0 unspecified atom stereocenters. The summed E-state index contributed by atoms with van der Waals surface area (Å²) in [4.78, 5) is 25.0. The maximum Gasteiger partial charge on any atom is 0.273 e. The van der Waals surface area contributed by atoms with E-state index in [9.17, 15) is 9.59 Å². The van der Waals surface area contributed by atoms with Crippen LogP contribution in [0.2, 0.25) is 0 Å². The highest BCUT2D eigenvalue weighted by atomic mass is 79.9. The molecule has 0 radical (unpaired) electrons. The van der Waals surface area contributed by atoms with Crippen LogP contribution in [0.25, 0.3) is 0 Å². The van der Waals surface area contributed by atoms with Crippen molar-refractivity contribution in [3.8, 4) is 11.5 Å². The van der Waals surface area contributed by atoms with Crippen LogP contribution in [0.1, 0.15) is 34.6 Å². The lowest BCUT2D eigenvalue weighted by Crippen LogP contribution is -2.48. The van der Waals surface area contributed by atoms with Gasteiger partial charge in [0.15, 0.2) is 5.11 Å². The molecule has 0 fully saturated rings. The maximum absolute atomic E-state index is 12.6. The molecule has 0 aromatic heterocycles. The Morgan fingerprint density at radius 1 is 1.10 bits per heavy atom. The molecule has 0 saturated heterocycles. The lowest BCUT2D eigenvalue weighted by Gasteiger charge is -2.16. The van der Waals surface area contributed by atoms with E-state index in [0.29, 0.717) is 27.1 Å². The summed E-state index contributed by atoms with van der Waals surface area (Å²) in [7, 11) is 0. The molecule has 0 spiro atoms. The molecule has 3 N–H and O–H groups in total. The molecule has 7 nitrogen and oxygen atoms in total. The van der Waals surface area contributed by atoms with Crippen molar-refractivity contribution in [2.45, 2.75) is 20.0 Å². The molecule has 0 bridgehead atoms. The van der Waals surface area contributed by atoms with E-state index >= 15 is 0 Å². The average Bonchev–Trinajstić information content (AvgIpc) is 2.71. The van der Waals surface area contributed by atoms with Gasteiger partial charge in [-0.1, -0.05) is 40.7 Å². The van der Waals surface area contributed by atoms with Crippen LogP contribution >= 0.6 is 28.1 Å². The molecule has 2 rings (SSSR count). The summed E-state index contributed by atoms with van der Waals surface area (Å²) < 4.78 is 11.8. The Bertz CT molecular complexity index is 950. The zero-order chi connectivity index (χ0) is 22.1. The minimum absolute atomic E-state index is 0.0756. The van der Waals surface area contributed by atoms with Gasteiger partial charge in [-0.3, -0.25) is 25.8 Å². The molecule has 2 amide bonds. The molecule has 0 aliphatic heterocycles. The smallest absolute Gasteiger partial charge is 0.273 e. The van der Waals surface area contributed by atoms with Crippen molar-refractivity contribution in [2.75, 3.05) is 6.61 Å². The third-order valence-corrected chi connectivity index (χ3v) is 4.25. The lowest BCUT2D eigenvalue weighted by molar-refractivity contribution is 0.0930. The Kier molecular flexibility index (Phi) is 8.82. The average molecular weight is 492 g/mol. The summed E-state index contributed by atoms with van der Waals surface area (Å²) in [5.41, 5.74) is 5.56. The molecule has 0 saturated carbocycles. The number of hydrogen-bond donors (Lipinski definition) is 3. The van der Waals surface area contributed by atoms with E-state index in [1.54, 1.807) is 48.5 Å². The molecule has 2 aromatic carbocycles. The Morgan fingerprint density at radius 2 is 1.83 bits per heavy atom. The molecular weight excluding hydrogens is 470 g/mol. The summed E-state index contributed by atoms with van der Waals surface area (Å²) in [6.45, 7) is 7.57. The van der Waals surface area contributed by atoms with Crippen molar-refractivity contribution >= 4 is 45.1 Å². The Balaban J connectivity index is 2.00. The molecule has 30 heavy (non-hydrogen) atoms. The number of hydrazine groups is 1. The minimum atomic E-state index is -0.478. The number of rotatable bonds is 7. The first-order valence-electron chi connectivity index (χ1n) is 9.02. The van der Waals surface area contributed by atoms with E-state index in [1.165, 1.54) is 0 Å². The van der Waals surface area contributed by atoms with Crippen LogP contribution in [-0.4, -0.2) is 29.6 Å². The highest BCUT2D eigenvalue weighted by Gasteiger charge is 2.17. The van der Waals surface area contributed by atoms with Crippen LogP contribution in [-0.2, 0) is 0 Å². The van der Waals surface area contributed by atoms with Gasteiger partial charge in [0.2, 0.25) is 0 Å². The first-order chi connectivity index (χ1) is 14.3. The second-order valence-corrected chi connectivity index (χ2v) is 7.59. The predicted octanol–water partition coefficient (Wildman–Crippen LogP) is 3.75. The summed E-state index contributed by atoms with van der Waals surface area (Å²) >= 11 is 8.45. The van der Waals surface area contributed by atoms with Crippen molar-refractivity contribution < 1.29 is 19.1 Å². The SMILES string of the molecule is C=CCOc1ccccc1C(=O)NNC(=S)NC(=O)c1cc(Br)ccc1OC(C)C. The predicted molar refractivity (Wildman–Crippen MR) is 123 cm³/mol. The molecule has 158 valence electrons. The van der Waals surface area contributed by atoms with Crippen molar-refractivity contribution in [1.82, 2.24) is 16.2 Å². The van der Waals surface area contributed by atoms with Crippen molar-refractivity contribution in [1.29, 1.82) is 0 Å². The van der Waals surface area contributed by atoms with Gasteiger partial charge in [-0.05, 0) is 56.4 Å². The molecule has 2 aromatic rings. The van der Waals surface area contributed by atoms with Crippen LogP contribution in [0, 0.1) is 0 Å². The topological polar surface area (TPSA) is 88.7 Å². The van der Waals surface area contributed by atoms with Crippen LogP contribution in [0.3, 0.4) is 0 Å². The van der Waals surface area contributed by atoms with Crippen LogP contribution < -0.4 is 25.6 Å². The fourth-order valence-electron chi connectivity index (χ4n) is 2.35. The van der Waals surface area contributed by atoms with Crippen LogP contribution in [0.15, 0.2) is 59.6 Å². The largest absolute Gasteiger partial charge is 0.490 e. The minimum Gasteiger partial charge on any atom is -0.490 e. The highest BCUT2D eigenvalue weighted by molar-refractivity contribution is 9.10. The third kappa shape index (κ3) is 6.85. The first kappa shape index (κ1) is 23.4. The van der Waals surface area contributed by atoms with E-state index in [1.807, 2.05) is 13.8 Å². The van der Waals surface area contributed by atoms with E-state index in [4.69, 9.17) is 21.7 Å². The third-order valence-electron chi connectivity index (χ3n) is 3.55. The number of hydrogen-bond acceptors (Lipinski definition) is 5. The normalized spacial score (nSPS) is 10.1. The quantitative estimate of drug-likeness (QED) is 0.310. The van der Waals surface area contributed by atoms with E-state index < -0.39 is 11.8 Å². The van der Waals surface area contributed by atoms with Gasteiger partial charge in [-0.15, -0.1) is 0 Å². The van der Waals surface area contributed by atoms with Crippen molar-refractivity contribution in [3.05, 3.63) is 70.7 Å². The summed E-state index contributed by atoms with van der Waals surface area (Å²) in [6, 6.07) is 11.8. The first-order valence-corrected chi connectivity index (χ1v) is 10.2. The van der Waals surface area contributed by atoms with Gasteiger partial charge in [0.05, 0.1) is 17.2 Å². The van der Waals surface area contributed by atoms with Crippen LogP contribution in [0.5, 0.6) is 11.5 Å². The fourth-order valence-corrected chi connectivity index (χ4v) is 2.85. The Labute approximate surface area is 188 Å². The van der Waals surface area contributed by atoms with E-state index in [-0.39, 0.29) is 17.8 Å². The lowest BCUT2D eigenvalue weighted by atomic mass is 10.2. The number of benzene rings is 2. The summed E-state index contributed by atoms with van der Waals surface area (Å²) in [5, 5.41) is 2.44. The number of amides is 2. The second kappa shape index (κ2) is 11.3. The number of para-hydroxylation sites is 1. The number of carbonyl (C=O) groups is 2. The molecule has 0 aliphatic rings. The van der Waals surface area contributed by atoms with Crippen LogP contribution in [0.4, 0.5) is 0 Å². The van der Waals surface area contributed by atoms with Gasteiger partial charge < -0.3 is 9.47 Å². The van der Waals surface area contributed by atoms with E-state index in [2.05, 4.69) is 38.7 Å². The number of carbonyl (C=O) groups excluding carboxylic acids is 2. The van der Waals surface area contributed by atoms with Gasteiger partial charge >= 0.3 is 0 Å². The van der Waals surface area contributed by atoms with Gasteiger partial charge in [-0.25, -0.2) is 0 Å². The second-order valence-electron chi connectivity index (χ2n) is 6.27. The zero-order valence-electron chi connectivity index (χ0n) is 16.5. The fraction of sp³-hybridized carbons (Fsp3) is 0.190. The number of thiocarbonyl (C=S) groups is 1. The number of ether oxygens (including phenoxy) is 2. The number of nitrogens with one attached hydrogen (secondary N) is 3. The van der Waals surface area contributed by atoms with Crippen molar-refractivity contribution in [2.24, 2.45) is 0 Å². The van der Waals surface area contributed by atoms with Gasteiger partial charge in [0, 0.05) is 4.47 Å². The molecule has 0 atom stereocenters. The molecule has 0 heterocycles. The standard InChI is InChI=1S/C21H22BrN3O4S/c1-4-11-28-17-8-6-5-7-15(17)20(27)24-25-21(30)23-19(26)16-12-14(22)9-10-18(16)29-13(2)3/h4-10,12-13H,1,11H2,2-3H3,(H,24,27)(H2,23,25,26,30). The molecule has 0 aliphatic carbocycles. The summed E-state index contributed by atoms with van der Waals surface area (Å²) in [6.07, 6.45) is 1.47. The Hall–Kier alpha value is -2.91. The maximum atomic E-state index is 12.6. The summed E-state index contributed by atoms with van der Waals surface area (Å²) in [5.74, 6) is -0.131. The zero-order valence-corrected chi connectivity index (χ0v) is 18.9. The number of halogens is 1. The van der Waals surface area contributed by atoms with Gasteiger partial charge in [0.25, 0.3) is 11.8 Å². The highest BCUT2D eigenvalue weighted by Crippen LogP contribution is 2.24. The van der Waals surface area contributed by atoms with E-state index in [0.717, 1.165) is 0 Å². The van der Waals surface area contributed by atoms with Gasteiger partial charge in [-0.2, -0.15) is 0 Å².